The largest absolute Gasteiger partial charge is 0.494 e. The van der Waals surface area contributed by atoms with Gasteiger partial charge in [0.1, 0.15) is 12.0 Å². The summed E-state index contributed by atoms with van der Waals surface area (Å²) < 4.78 is 6.49. The number of carbonyl (C=O) groups is 2. The standard InChI is InChI=1S/C17H15BrO3/c18-15-7-5-14(6-8-15)17(20)2-1-11-21-16-9-3-13(12-19)4-10-16/h3-10,12H,1-2,11H2. The number of carbonyl (C=O) groups excluding carboxylic acids is 2. The molecule has 0 amide bonds. The van der Waals surface area contributed by atoms with Crippen molar-refractivity contribution < 1.29 is 14.3 Å². The third kappa shape index (κ3) is 4.83. The zero-order valence-corrected chi connectivity index (χ0v) is 13.0. The van der Waals surface area contributed by atoms with E-state index in [9.17, 15) is 9.59 Å². The second-order valence-corrected chi connectivity index (χ2v) is 5.48. The summed E-state index contributed by atoms with van der Waals surface area (Å²) in [6.07, 6.45) is 1.90. The normalized spacial score (nSPS) is 10.1. The van der Waals surface area contributed by atoms with Crippen molar-refractivity contribution in [3.05, 3.63) is 64.1 Å². The molecule has 0 aromatic heterocycles. The molecule has 2 aromatic carbocycles. The van der Waals surface area contributed by atoms with Gasteiger partial charge in [0.25, 0.3) is 0 Å². The molecule has 2 aromatic rings. The first kappa shape index (κ1) is 15.4. The first-order valence-electron chi connectivity index (χ1n) is 6.66. The Kier molecular flexibility index (Phi) is 5.69. The zero-order valence-electron chi connectivity index (χ0n) is 11.4. The highest BCUT2D eigenvalue weighted by Gasteiger charge is 2.05. The minimum atomic E-state index is 0.113. The van der Waals surface area contributed by atoms with E-state index < -0.39 is 0 Å². The molecular weight excluding hydrogens is 332 g/mol. The number of halogens is 1. The van der Waals surface area contributed by atoms with E-state index in [4.69, 9.17) is 4.74 Å². The molecule has 21 heavy (non-hydrogen) atoms. The van der Waals surface area contributed by atoms with Crippen molar-refractivity contribution in [3.63, 3.8) is 0 Å². The molecule has 0 aliphatic heterocycles. The van der Waals surface area contributed by atoms with Crippen LogP contribution in [0.3, 0.4) is 0 Å². The molecule has 0 spiro atoms. The van der Waals surface area contributed by atoms with Gasteiger partial charge in [-0.15, -0.1) is 0 Å². The molecule has 0 atom stereocenters. The van der Waals surface area contributed by atoms with Gasteiger partial charge in [-0.1, -0.05) is 28.1 Å². The van der Waals surface area contributed by atoms with E-state index in [1.54, 1.807) is 24.3 Å². The van der Waals surface area contributed by atoms with Gasteiger partial charge in [-0.3, -0.25) is 9.59 Å². The van der Waals surface area contributed by atoms with E-state index in [-0.39, 0.29) is 5.78 Å². The Morgan fingerprint density at radius 3 is 2.33 bits per heavy atom. The number of Topliss-reactive ketones (excluding diaryl/α,β-unsaturated/α-hetero) is 1. The van der Waals surface area contributed by atoms with Crippen LogP contribution in [0.1, 0.15) is 33.6 Å². The molecule has 0 aliphatic rings. The van der Waals surface area contributed by atoms with Crippen molar-refractivity contribution in [1.82, 2.24) is 0 Å². The fourth-order valence-electron chi connectivity index (χ4n) is 1.85. The smallest absolute Gasteiger partial charge is 0.163 e. The van der Waals surface area contributed by atoms with Crippen LogP contribution < -0.4 is 4.74 Å². The van der Waals surface area contributed by atoms with E-state index in [0.717, 1.165) is 10.8 Å². The second kappa shape index (κ2) is 7.74. The number of hydrogen-bond acceptors (Lipinski definition) is 3. The molecule has 0 saturated carbocycles. The zero-order chi connectivity index (χ0) is 15.1. The van der Waals surface area contributed by atoms with Crippen molar-refractivity contribution in [2.24, 2.45) is 0 Å². The molecule has 0 radical (unpaired) electrons. The summed E-state index contributed by atoms with van der Waals surface area (Å²) in [6, 6.07) is 14.2. The van der Waals surface area contributed by atoms with E-state index in [1.807, 2.05) is 24.3 Å². The van der Waals surface area contributed by atoms with Crippen LogP contribution in [-0.2, 0) is 0 Å². The number of aldehydes is 1. The minimum absolute atomic E-state index is 0.113. The number of rotatable bonds is 7. The third-order valence-corrected chi connectivity index (χ3v) is 3.53. The van der Waals surface area contributed by atoms with Crippen molar-refractivity contribution in [2.45, 2.75) is 12.8 Å². The van der Waals surface area contributed by atoms with Gasteiger partial charge in [-0.2, -0.15) is 0 Å². The van der Waals surface area contributed by atoms with Gasteiger partial charge in [0, 0.05) is 22.0 Å². The molecule has 0 bridgehead atoms. The lowest BCUT2D eigenvalue weighted by molar-refractivity contribution is 0.0973. The van der Waals surface area contributed by atoms with Crippen LogP contribution >= 0.6 is 15.9 Å². The summed E-state index contributed by atoms with van der Waals surface area (Å²) in [5.41, 5.74) is 1.33. The van der Waals surface area contributed by atoms with E-state index >= 15 is 0 Å². The highest BCUT2D eigenvalue weighted by atomic mass is 79.9. The molecule has 0 heterocycles. The summed E-state index contributed by atoms with van der Waals surface area (Å²) >= 11 is 3.34. The van der Waals surface area contributed by atoms with Gasteiger partial charge < -0.3 is 4.74 Å². The first-order chi connectivity index (χ1) is 10.2. The number of ketones is 1. The van der Waals surface area contributed by atoms with Gasteiger partial charge in [0.05, 0.1) is 6.61 Å². The Morgan fingerprint density at radius 1 is 1.05 bits per heavy atom. The molecule has 0 saturated heterocycles. The Bertz CT molecular complexity index is 603. The lowest BCUT2D eigenvalue weighted by atomic mass is 10.1. The van der Waals surface area contributed by atoms with Crippen molar-refractivity contribution in [2.75, 3.05) is 6.61 Å². The predicted octanol–water partition coefficient (Wildman–Crippen LogP) is 4.30. The summed E-state index contributed by atoms with van der Waals surface area (Å²) in [6.45, 7) is 0.475. The average Bonchev–Trinajstić information content (AvgIpc) is 2.52. The molecule has 0 fully saturated rings. The summed E-state index contributed by atoms with van der Waals surface area (Å²) in [5, 5.41) is 0. The second-order valence-electron chi connectivity index (χ2n) is 4.57. The number of hydrogen-bond donors (Lipinski definition) is 0. The lowest BCUT2D eigenvalue weighted by Gasteiger charge is -2.06. The van der Waals surface area contributed by atoms with Crippen molar-refractivity contribution in [1.29, 1.82) is 0 Å². The number of ether oxygens (including phenoxy) is 1. The Morgan fingerprint density at radius 2 is 1.71 bits per heavy atom. The maximum atomic E-state index is 11.9. The summed E-state index contributed by atoms with van der Waals surface area (Å²) in [5.74, 6) is 0.819. The number of benzene rings is 2. The fourth-order valence-corrected chi connectivity index (χ4v) is 2.11. The molecular formula is C17H15BrO3. The monoisotopic (exact) mass is 346 g/mol. The van der Waals surface area contributed by atoms with Crippen LogP contribution in [0.15, 0.2) is 53.0 Å². The maximum Gasteiger partial charge on any atom is 0.163 e. The molecule has 0 aliphatic carbocycles. The topological polar surface area (TPSA) is 43.4 Å². The Hall–Kier alpha value is -1.94. The minimum Gasteiger partial charge on any atom is -0.494 e. The van der Waals surface area contributed by atoms with Crippen LogP contribution in [0.5, 0.6) is 5.75 Å². The van der Waals surface area contributed by atoms with E-state index in [0.29, 0.717) is 36.3 Å². The van der Waals surface area contributed by atoms with Crippen LogP contribution in [0, 0.1) is 0 Å². The van der Waals surface area contributed by atoms with Crippen LogP contribution in [0.4, 0.5) is 0 Å². The maximum absolute atomic E-state index is 11.9. The van der Waals surface area contributed by atoms with Gasteiger partial charge >= 0.3 is 0 Å². The highest BCUT2D eigenvalue weighted by Crippen LogP contribution is 2.14. The first-order valence-corrected chi connectivity index (χ1v) is 7.45. The SMILES string of the molecule is O=Cc1ccc(OCCCC(=O)c2ccc(Br)cc2)cc1. The molecule has 3 nitrogen and oxygen atoms in total. The van der Waals surface area contributed by atoms with Gasteiger partial charge in [0.2, 0.25) is 0 Å². The van der Waals surface area contributed by atoms with Crippen molar-refractivity contribution >= 4 is 28.0 Å². The van der Waals surface area contributed by atoms with E-state index in [1.165, 1.54) is 0 Å². The molecule has 0 unspecified atom stereocenters. The predicted molar refractivity (Wildman–Crippen MR) is 85.0 cm³/mol. The van der Waals surface area contributed by atoms with E-state index in [2.05, 4.69) is 15.9 Å². The van der Waals surface area contributed by atoms with Gasteiger partial charge in [-0.05, 0) is 42.8 Å². The Labute approximate surface area is 132 Å². The summed E-state index contributed by atoms with van der Waals surface area (Å²) in [7, 11) is 0. The fraction of sp³-hybridized carbons (Fsp3) is 0.176. The van der Waals surface area contributed by atoms with Crippen molar-refractivity contribution in [3.8, 4) is 5.75 Å². The van der Waals surface area contributed by atoms with Gasteiger partial charge in [-0.25, -0.2) is 0 Å². The Balaban J connectivity index is 1.74. The molecule has 0 N–H and O–H groups in total. The van der Waals surface area contributed by atoms with Gasteiger partial charge in [0.15, 0.2) is 5.78 Å². The summed E-state index contributed by atoms with van der Waals surface area (Å²) in [4.78, 5) is 22.5. The molecule has 4 heteroatoms. The lowest BCUT2D eigenvalue weighted by Crippen LogP contribution is -2.03. The quantitative estimate of drug-likeness (QED) is 0.426. The highest BCUT2D eigenvalue weighted by molar-refractivity contribution is 9.10. The average molecular weight is 347 g/mol. The van der Waals surface area contributed by atoms with Crippen LogP contribution in [-0.4, -0.2) is 18.7 Å². The molecule has 108 valence electrons. The third-order valence-electron chi connectivity index (χ3n) is 3.00. The van der Waals surface area contributed by atoms with Crippen LogP contribution in [0.2, 0.25) is 0 Å². The molecule has 2 rings (SSSR count). The van der Waals surface area contributed by atoms with Crippen LogP contribution in [0.25, 0.3) is 0 Å².